The molecule has 1 atom stereocenters. The van der Waals surface area contributed by atoms with Crippen LogP contribution in [-0.4, -0.2) is 48.6 Å². The molecule has 0 spiro atoms. The van der Waals surface area contributed by atoms with Crippen LogP contribution in [0, 0.1) is 0 Å². The van der Waals surface area contributed by atoms with Gasteiger partial charge in [-0.3, -0.25) is 0 Å². The molecule has 0 radical (unpaired) electrons. The predicted octanol–water partition coefficient (Wildman–Crippen LogP) is 6.12. The molecule has 0 aliphatic carbocycles. The minimum atomic E-state index is -0.00608. The van der Waals surface area contributed by atoms with Gasteiger partial charge in [-0.1, -0.05) is 46.9 Å². The molecule has 29 heavy (non-hydrogen) atoms. The Morgan fingerprint density at radius 1 is 0.793 bits per heavy atom. The molecule has 154 valence electrons. The molecule has 2 amide bonds. The molecule has 1 unspecified atom stereocenters. The number of carbonyl (C=O) groups excluding carboxylic acids is 1. The van der Waals surface area contributed by atoms with Crippen molar-refractivity contribution in [1.29, 1.82) is 0 Å². The van der Waals surface area contributed by atoms with Crippen LogP contribution in [0.15, 0.2) is 42.5 Å². The first kappa shape index (κ1) is 20.6. The number of likely N-dealkylation sites (tertiary alicyclic amines) is 1. The average Bonchev–Trinajstić information content (AvgIpc) is 2.74. The molecule has 2 saturated heterocycles. The van der Waals surface area contributed by atoms with Crippen LogP contribution in [0.2, 0.25) is 15.1 Å². The van der Waals surface area contributed by atoms with Gasteiger partial charge in [-0.25, -0.2) is 4.79 Å². The maximum absolute atomic E-state index is 13.1. The second kappa shape index (κ2) is 9.03. The zero-order valence-corrected chi connectivity index (χ0v) is 18.4. The van der Waals surface area contributed by atoms with Crippen molar-refractivity contribution in [1.82, 2.24) is 9.80 Å². The number of amides is 2. The Labute approximate surface area is 186 Å². The summed E-state index contributed by atoms with van der Waals surface area (Å²) in [5.41, 5.74) is 2.04. The highest BCUT2D eigenvalue weighted by molar-refractivity contribution is 6.36. The monoisotopic (exact) mass is 451 g/mol. The van der Waals surface area contributed by atoms with Crippen molar-refractivity contribution in [3.63, 3.8) is 0 Å². The Hall–Kier alpha value is -1.62. The molecule has 0 N–H and O–H groups in total. The van der Waals surface area contributed by atoms with Crippen molar-refractivity contribution in [3.05, 3.63) is 63.1 Å². The smallest absolute Gasteiger partial charge is 0.320 e. The summed E-state index contributed by atoms with van der Waals surface area (Å²) >= 11 is 18.7. The van der Waals surface area contributed by atoms with E-state index >= 15 is 0 Å². The summed E-state index contributed by atoms with van der Waals surface area (Å²) in [5.74, 6) is 0. The van der Waals surface area contributed by atoms with Gasteiger partial charge in [0.25, 0.3) is 0 Å². The number of piperidine rings is 1. The van der Waals surface area contributed by atoms with Crippen molar-refractivity contribution in [2.45, 2.75) is 25.3 Å². The third kappa shape index (κ3) is 4.60. The van der Waals surface area contributed by atoms with Crippen LogP contribution < -0.4 is 4.90 Å². The molecular weight excluding hydrogens is 429 g/mol. The molecule has 2 aliphatic rings. The molecule has 0 bridgehead atoms. The summed E-state index contributed by atoms with van der Waals surface area (Å²) in [6.45, 7) is 3.68. The van der Waals surface area contributed by atoms with Gasteiger partial charge >= 0.3 is 6.03 Å². The second-order valence-electron chi connectivity index (χ2n) is 7.63. The van der Waals surface area contributed by atoms with Crippen LogP contribution >= 0.6 is 34.8 Å². The number of hydrogen-bond donors (Lipinski definition) is 0. The van der Waals surface area contributed by atoms with Gasteiger partial charge in [0.2, 0.25) is 0 Å². The summed E-state index contributed by atoms with van der Waals surface area (Å²) < 4.78 is 0. The fourth-order valence-corrected chi connectivity index (χ4v) is 4.86. The minimum absolute atomic E-state index is 0.00608. The molecule has 2 aliphatic heterocycles. The van der Waals surface area contributed by atoms with E-state index in [1.165, 1.54) is 6.42 Å². The van der Waals surface area contributed by atoms with Crippen LogP contribution in [0.1, 0.15) is 30.9 Å². The molecule has 7 heteroatoms. The molecule has 4 nitrogen and oxygen atoms in total. The van der Waals surface area contributed by atoms with Gasteiger partial charge in [0.1, 0.15) is 0 Å². The summed E-state index contributed by atoms with van der Waals surface area (Å²) in [6, 6.07) is 13.6. The van der Waals surface area contributed by atoms with Crippen LogP contribution in [0.3, 0.4) is 0 Å². The summed E-state index contributed by atoms with van der Waals surface area (Å²) in [5, 5.41) is 1.93. The highest BCUT2D eigenvalue weighted by atomic mass is 35.5. The Kier molecular flexibility index (Phi) is 6.43. The number of rotatable bonds is 2. The van der Waals surface area contributed by atoms with Gasteiger partial charge < -0.3 is 14.7 Å². The summed E-state index contributed by atoms with van der Waals surface area (Å²) in [7, 11) is 0. The zero-order valence-electron chi connectivity index (χ0n) is 16.2. The first-order chi connectivity index (χ1) is 14.0. The average molecular weight is 453 g/mol. The fraction of sp³-hybridized carbons (Fsp3) is 0.409. The van der Waals surface area contributed by atoms with Crippen LogP contribution in [0.25, 0.3) is 0 Å². The minimum Gasteiger partial charge on any atom is -0.360 e. The van der Waals surface area contributed by atoms with Crippen molar-refractivity contribution >= 4 is 46.5 Å². The number of halogens is 3. The number of benzene rings is 2. The maximum Gasteiger partial charge on any atom is 0.320 e. The van der Waals surface area contributed by atoms with Gasteiger partial charge in [0.05, 0.1) is 16.8 Å². The normalized spacial score (nSPS) is 20.1. The van der Waals surface area contributed by atoms with Crippen LogP contribution in [0.4, 0.5) is 10.5 Å². The van der Waals surface area contributed by atoms with Gasteiger partial charge in [0, 0.05) is 42.8 Å². The first-order valence-corrected chi connectivity index (χ1v) is 11.2. The number of nitrogens with zero attached hydrogens (tertiary/aromatic N) is 3. The zero-order chi connectivity index (χ0) is 20.4. The third-order valence-corrected chi connectivity index (χ3v) is 6.54. The Morgan fingerprint density at radius 2 is 1.48 bits per heavy atom. The van der Waals surface area contributed by atoms with E-state index in [0.717, 1.165) is 37.2 Å². The first-order valence-electron chi connectivity index (χ1n) is 10.0. The van der Waals surface area contributed by atoms with Crippen molar-refractivity contribution < 1.29 is 4.79 Å². The number of hydrogen-bond acceptors (Lipinski definition) is 2. The largest absolute Gasteiger partial charge is 0.360 e. The van der Waals surface area contributed by atoms with Gasteiger partial charge in [-0.2, -0.15) is 0 Å². The maximum atomic E-state index is 13.1. The Morgan fingerprint density at radius 3 is 2.17 bits per heavy atom. The lowest BCUT2D eigenvalue weighted by molar-refractivity contribution is 0.134. The Balaban J connectivity index is 1.62. The molecule has 2 aromatic carbocycles. The molecule has 2 heterocycles. The van der Waals surface area contributed by atoms with Crippen LogP contribution in [-0.2, 0) is 0 Å². The number of urea groups is 1. The second-order valence-corrected chi connectivity index (χ2v) is 8.91. The van der Waals surface area contributed by atoms with E-state index in [2.05, 4.69) is 4.90 Å². The molecule has 2 aromatic rings. The molecule has 2 fully saturated rings. The number of carbonyl (C=O) groups is 1. The van der Waals surface area contributed by atoms with Crippen molar-refractivity contribution in [2.24, 2.45) is 0 Å². The molecule has 0 saturated carbocycles. The highest BCUT2D eigenvalue weighted by Gasteiger charge is 2.33. The van der Waals surface area contributed by atoms with E-state index < -0.39 is 0 Å². The van der Waals surface area contributed by atoms with Crippen LogP contribution in [0.5, 0.6) is 0 Å². The van der Waals surface area contributed by atoms with Gasteiger partial charge in [-0.05, 0) is 55.2 Å². The van der Waals surface area contributed by atoms with E-state index in [4.69, 9.17) is 34.8 Å². The van der Waals surface area contributed by atoms with E-state index in [1.807, 2.05) is 46.2 Å². The lowest BCUT2D eigenvalue weighted by Gasteiger charge is -2.45. The highest BCUT2D eigenvalue weighted by Crippen LogP contribution is 2.37. The quantitative estimate of drug-likeness (QED) is 0.549. The van der Waals surface area contributed by atoms with E-state index in [9.17, 15) is 4.79 Å². The Bertz CT molecular complexity index is 868. The standard InChI is InChI=1S/C22H24Cl3N3O/c23-17-6-4-16(5-7-17)21-15-27(22(29)26-10-2-1-3-11-26)12-13-28(21)20-9-8-18(24)14-19(20)25/h4-9,14,21H,1-3,10-13,15H2. The predicted molar refractivity (Wildman–Crippen MR) is 120 cm³/mol. The topological polar surface area (TPSA) is 26.8 Å². The molecule has 4 rings (SSSR count). The molecule has 0 aromatic heterocycles. The SMILES string of the molecule is O=C(N1CCCCC1)N1CCN(c2ccc(Cl)cc2Cl)C(c2ccc(Cl)cc2)C1. The fourth-order valence-electron chi connectivity index (χ4n) is 4.21. The lowest BCUT2D eigenvalue weighted by atomic mass is 10.0. The van der Waals surface area contributed by atoms with Gasteiger partial charge in [0.15, 0.2) is 0 Å². The van der Waals surface area contributed by atoms with E-state index in [-0.39, 0.29) is 12.1 Å². The lowest BCUT2D eigenvalue weighted by Crippen LogP contribution is -2.55. The summed E-state index contributed by atoms with van der Waals surface area (Å²) in [4.78, 5) is 19.3. The summed E-state index contributed by atoms with van der Waals surface area (Å²) in [6.07, 6.45) is 3.39. The number of anilines is 1. The van der Waals surface area contributed by atoms with E-state index in [0.29, 0.717) is 34.7 Å². The number of piperazine rings is 1. The van der Waals surface area contributed by atoms with Crippen molar-refractivity contribution in [2.75, 3.05) is 37.6 Å². The molecular formula is C22H24Cl3N3O. The van der Waals surface area contributed by atoms with Crippen molar-refractivity contribution in [3.8, 4) is 0 Å². The van der Waals surface area contributed by atoms with Gasteiger partial charge in [-0.15, -0.1) is 0 Å². The third-order valence-electron chi connectivity index (χ3n) is 5.75. The van der Waals surface area contributed by atoms with E-state index in [1.54, 1.807) is 6.07 Å².